The number of phenolic OH excluding ortho intramolecular Hbond substituents is 2. The van der Waals surface area contributed by atoms with E-state index >= 15 is 0 Å². The molecular formula is C25H32N4O7. The van der Waals surface area contributed by atoms with E-state index in [4.69, 9.17) is 4.74 Å². The van der Waals surface area contributed by atoms with Gasteiger partial charge in [-0.2, -0.15) is 0 Å². The number of aryl methyl sites for hydroxylation is 3. The van der Waals surface area contributed by atoms with Crippen molar-refractivity contribution in [2.75, 3.05) is 6.54 Å². The molecule has 0 bridgehead atoms. The van der Waals surface area contributed by atoms with Crippen molar-refractivity contribution in [2.24, 2.45) is 0 Å². The Hall–Kier alpha value is -3.73. The molecule has 3 rings (SSSR count). The number of aromatic hydroxyl groups is 2. The van der Waals surface area contributed by atoms with Crippen LogP contribution in [0.5, 0.6) is 11.5 Å². The number of amides is 2. The van der Waals surface area contributed by atoms with E-state index in [0.29, 0.717) is 36.3 Å². The number of carbonyl (C=O) groups is 3. The highest BCUT2D eigenvalue weighted by Gasteiger charge is 2.37. The number of likely N-dealkylation sites (tertiary alicyclic amines) is 1. The summed E-state index contributed by atoms with van der Waals surface area (Å²) in [4.78, 5) is 48.4. The van der Waals surface area contributed by atoms with E-state index in [1.807, 2.05) is 13.8 Å². The van der Waals surface area contributed by atoms with Crippen molar-refractivity contribution in [2.45, 2.75) is 71.8 Å². The number of phenols is 2. The number of aliphatic hydroxyl groups is 1. The van der Waals surface area contributed by atoms with E-state index in [0.717, 1.165) is 11.4 Å². The Kier molecular flexibility index (Phi) is 8.46. The van der Waals surface area contributed by atoms with Gasteiger partial charge in [-0.3, -0.25) is 19.6 Å². The number of nitrogens with one attached hydrogen (secondary N) is 1. The largest absolute Gasteiger partial charge is 0.504 e. The van der Waals surface area contributed by atoms with Crippen molar-refractivity contribution in [1.82, 2.24) is 20.2 Å². The third kappa shape index (κ3) is 6.28. The lowest BCUT2D eigenvalue weighted by molar-refractivity contribution is -0.155. The fraction of sp³-hybridized carbons (Fsp3) is 0.480. The molecule has 3 atom stereocenters. The van der Waals surface area contributed by atoms with Gasteiger partial charge in [-0.15, -0.1) is 0 Å². The van der Waals surface area contributed by atoms with Crippen molar-refractivity contribution < 1.29 is 34.4 Å². The lowest BCUT2D eigenvalue weighted by Gasteiger charge is -2.27. The zero-order valence-corrected chi connectivity index (χ0v) is 20.8. The molecule has 0 radical (unpaired) electrons. The van der Waals surface area contributed by atoms with Crippen LogP contribution in [-0.4, -0.2) is 72.7 Å². The Morgan fingerprint density at radius 2 is 1.81 bits per heavy atom. The van der Waals surface area contributed by atoms with E-state index in [1.165, 1.54) is 30.0 Å². The van der Waals surface area contributed by atoms with Crippen LogP contribution in [0.15, 0.2) is 18.2 Å². The monoisotopic (exact) mass is 500 g/mol. The van der Waals surface area contributed by atoms with E-state index in [1.54, 1.807) is 6.92 Å². The summed E-state index contributed by atoms with van der Waals surface area (Å²) in [5.41, 5.74) is 3.20. The SMILES string of the molecule is Cc1nc(C)c(COC(=O)C2CCCN2C(=O)C(C)NC(=O)C(O)Cc2ccc(O)c(O)c2)nc1C. The first-order valence-electron chi connectivity index (χ1n) is 11.7. The number of hydrogen-bond acceptors (Lipinski definition) is 9. The van der Waals surface area contributed by atoms with Gasteiger partial charge in [-0.05, 0) is 58.2 Å². The van der Waals surface area contributed by atoms with Crippen LogP contribution in [0.1, 0.15) is 48.1 Å². The average molecular weight is 501 g/mol. The van der Waals surface area contributed by atoms with Crippen LogP contribution in [0.2, 0.25) is 0 Å². The molecule has 1 aromatic heterocycles. The molecule has 1 aliphatic heterocycles. The molecule has 1 aliphatic rings. The molecule has 1 aromatic carbocycles. The highest BCUT2D eigenvalue weighted by Crippen LogP contribution is 2.25. The summed E-state index contributed by atoms with van der Waals surface area (Å²) in [7, 11) is 0. The summed E-state index contributed by atoms with van der Waals surface area (Å²) in [5, 5.41) is 31.7. The van der Waals surface area contributed by atoms with Gasteiger partial charge in [0.1, 0.15) is 24.8 Å². The van der Waals surface area contributed by atoms with Crippen LogP contribution in [0.4, 0.5) is 0 Å². The predicted octanol–water partition coefficient (Wildman–Crippen LogP) is 0.956. The second kappa shape index (κ2) is 11.3. The van der Waals surface area contributed by atoms with Crippen LogP contribution in [0.3, 0.4) is 0 Å². The van der Waals surface area contributed by atoms with E-state index in [2.05, 4.69) is 15.3 Å². The number of esters is 1. The fourth-order valence-electron chi connectivity index (χ4n) is 4.04. The lowest BCUT2D eigenvalue weighted by atomic mass is 10.1. The number of ether oxygens (including phenoxy) is 1. The number of nitrogens with zero attached hydrogens (tertiary/aromatic N) is 3. The predicted molar refractivity (Wildman–Crippen MR) is 128 cm³/mol. The van der Waals surface area contributed by atoms with Crippen LogP contribution in [0, 0.1) is 20.8 Å². The standard InChI is InChI=1S/C25H32N4O7/c1-13-14(2)27-18(15(3)26-13)12-36-25(35)19-6-5-9-29(19)24(34)16(4)28-23(33)22(32)11-17-7-8-20(30)21(31)10-17/h7-8,10,16,19,22,30-32H,5-6,9,11-12H2,1-4H3,(H,28,33). The zero-order chi connectivity index (χ0) is 26.6. The summed E-state index contributed by atoms with van der Waals surface area (Å²) >= 11 is 0. The number of hydrogen-bond donors (Lipinski definition) is 4. The molecule has 2 heterocycles. The molecule has 1 fully saturated rings. The van der Waals surface area contributed by atoms with Gasteiger partial charge in [0.25, 0.3) is 0 Å². The van der Waals surface area contributed by atoms with Gasteiger partial charge in [0.05, 0.1) is 22.8 Å². The minimum atomic E-state index is -1.48. The summed E-state index contributed by atoms with van der Waals surface area (Å²) in [6, 6.07) is 2.20. The summed E-state index contributed by atoms with van der Waals surface area (Å²) in [6.07, 6.45) is -0.553. The average Bonchev–Trinajstić information content (AvgIpc) is 3.32. The summed E-state index contributed by atoms with van der Waals surface area (Å²) in [5.74, 6) is -2.46. The van der Waals surface area contributed by atoms with Gasteiger partial charge in [-0.1, -0.05) is 6.07 Å². The third-order valence-corrected chi connectivity index (χ3v) is 6.24. The van der Waals surface area contributed by atoms with Gasteiger partial charge >= 0.3 is 5.97 Å². The Morgan fingerprint density at radius 1 is 1.11 bits per heavy atom. The molecule has 36 heavy (non-hydrogen) atoms. The maximum Gasteiger partial charge on any atom is 0.329 e. The van der Waals surface area contributed by atoms with Crippen molar-refractivity contribution in [1.29, 1.82) is 0 Å². The Balaban J connectivity index is 1.56. The van der Waals surface area contributed by atoms with Crippen molar-refractivity contribution in [3.63, 3.8) is 0 Å². The Bertz CT molecular complexity index is 1150. The summed E-state index contributed by atoms with van der Waals surface area (Å²) in [6.45, 7) is 7.24. The minimum absolute atomic E-state index is 0.0530. The molecule has 0 spiro atoms. The van der Waals surface area contributed by atoms with Crippen molar-refractivity contribution in [3.05, 3.63) is 46.5 Å². The molecule has 3 unspecified atom stereocenters. The smallest absolute Gasteiger partial charge is 0.329 e. The van der Waals surface area contributed by atoms with Gasteiger partial charge in [0, 0.05) is 13.0 Å². The molecule has 0 saturated carbocycles. The van der Waals surface area contributed by atoms with Crippen molar-refractivity contribution >= 4 is 17.8 Å². The number of benzene rings is 1. The molecule has 0 aliphatic carbocycles. The third-order valence-electron chi connectivity index (χ3n) is 6.24. The van der Waals surface area contributed by atoms with Gasteiger partial charge in [0.2, 0.25) is 11.8 Å². The molecule has 11 nitrogen and oxygen atoms in total. The van der Waals surface area contributed by atoms with Gasteiger partial charge < -0.3 is 30.3 Å². The number of aliphatic hydroxyl groups excluding tert-OH is 1. The number of carbonyl (C=O) groups excluding carboxylic acids is 3. The van der Waals surface area contributed by atoms with E-state index in [9.17, 15) is 29.7 Å². The Labute approximate surface area is 209 Å². The highest BCUT2D eigenvalue weighted by molar-refractivity contribution is 5.92. The number of rotatable bonds is 8. The van der Waals surface area contributed by atoms with Gasteiger partial charge in [0.15, 0.2) is 11.5 Å². The normalized spacial score (nSPS) is 16.9. The van der Waals surface area contributed by atoms with Crippen LogP contribution in [0.25, 0.3) is 0 Å². The topological polar surface area (TPSA) is 162 Å². The van der Waals surface area contributed by atoms with Gasteiger partial charge in [-0.25, -0.2) is 4.79 Å². The Morgan fingerprint density at radius 3 is 2.50 bits per heavy atom. The maximum atomic E-state index is 13.0. The molecule has 1 saturated heterocycles. The minimum Gasteiger partial charge on any atom is -0.504 e. The van der Waals surface area contributed by atoms with E-state index < -0.39 is 36.0 Å². The molecular weight excluding hydrogens is 468 g/mol. The first-order chi connectivity index (χ1) is 17.0. The summed E-state index contributed by atoms with van der Waals surface area (Å²) < 4.78 is 5.45. The second-order valence-electron chi connectivity index (χ2n) is 9.00. The van der Waals surface area contributed by atoms with E-state index in [-0.39, 0.29) is 24.5 Å². The molecule has 11 heteroatoms. The molecule has 4 N–H and O–H groups in total. The number of aromatic nitrogens is 2. The maximum absolute atomic E-state index is 13.0. The van der Waals surface area contributed by atoms with Crippen LogP contribution < -0.4 is 5.32 Å². The first-order valence-corrected chi connectivity index (χ1v) is 11.7. The van der Waals surface area contributed by atoms with Crippen LogP contribution >= 0.6 is 0 Å². The van der Waals surface area contributed by atoms with Crippen LogP contribution in [-0.2, 0) is 32.1 Å². The molecule has 2 aromatic rings. The fourth-order valence-corrected chi connectivity index (χ4v) is 4.04. The lowest BCUT2D eigenvalue weighted by Crippen LogP contribution is -2.52. The quantitative estimate of drug-likeness (QED) is 0.305. The van der Waals surface area contributed by atoms with Crippen molar-refractivity contribution in [3.8, 4) is 11.5 Å². The molecule has 194 valence electrons. The highest BCUT2D eigenvalue weighted by atomic mass is 16.5. The first kappa shape index (κ1) is 26.9. The molecule has 2 amide bonds. The zero-order valence-electron chi connectivity index (χ0n) is 20.8. The second-order valence-corrected chi connectivity index (χ2v) is 9.00.